The van der Waals surface area contributed by atoms with Crippen LogP contribution in [0, 0.1) is 0 Å². The van der Waals surface area contributed by atoms with Crippen molar-refractivity contribution in [1.29, 1.82) is 0 Å². The lowest BCUT2D eigenvalue weighted by molar-refractivity contribution is -0.124. The fourth-order valence-corrected chi connectivity index (χ4v) is 3.43. The topological polar surface area (TPSA) is 62.8 Å². The molecule has 6 nitrogen and oxygen atoms in total. The molecule has 2 aliphatic heterocycles. The van der Waals surface area contributed by atoms with Gasteiger partial charge in [0.1, 0.15) is 6.61 Å². The van der Waals surface area contributed by atoms with Crippen LogP contribution in [0.3, 0.4) is 0 Å². The summed E-state index contributed by atoms with van der Waals surface area (Å²) in [5.74, 6) is 1.72. The number of carbonyl (C=O) groups is 1. The zero-order valence-corrected chi connectivity index (χ0v) is 14.6. The van der Waals surface area contributed by atoms with E-state index in [1.807, 2.05) is 18.2 Å². The Morgan fingerprint density at radius 1 is 1.44 bits per heavy atom. The molecule has 1 aromatic rings. The molecule has 3 aliphatic rings. The fraction of sp³-hybridized carbons (Fsp3) is 0.526. The molecule has 134 valence electrons. The number of fused-ring (bicyclic) bond motifs is 1. The van der Waals surface area contributed by atoms with Crippen LogP contribution in [-0.2, 0) is 4.79 Å². The molecule has 0 radical (unpaired) electrons. The lowest BCUT2D eigenvalue weighted by atomic mass is 10.1. The van der Waals surface area contributed by atoms with E-state index in [9.17, 15) is 4.79 Å². The van der Waals surface area contributed by atoms with Gasteiger partial charge in [0, 0.05) is 37.8 Å². The summed E-state index contributed by atoms with van der Waals surface area (Å²) < 4.78 is 11.3. The summed E-state index contributed by atoms with van der Waals surface area (Å²) >= 11 is 0. The SMILES string of the molecule is COc1cccc2c1OCC(CN1CCNC(C(=O)NC3CC3)C1)=C2. The lowest BCUT2D eigenvalue weighted by Gasteiger charge is -2.34. The average molecular weight is 343 g/mol. The van der Waals surface area contributed by atoms with Gasteiger partial charge in [-0.05, 0) is 30.6 Å². The maximum Gasteiger partial charge on any atom is 0.238 e. The summed E-state index contributed by atoms with van der Waals surface area (Å²) in [4.78, 5) is 14.6. The Labute approximate surface area is 148 Å². The molecular formula is C19H25N3O3. The molecule has 0 aromatic heterocycles. The van der Waals surface area contributed by atoms with E-state index in [4.69, 9.17) is 9.47 Å². The highest BCUT2D eigenvalue weighted by molar-refractivity contribution is 5.82. The van der Waals surface area contributed by atoms with Gasteiger partial charge in [0.05, 0.1) is 13.2 Å². The minimum Gasteiger partial charge on any atom is -0.493 e. The number of amides is 1. The van der Waals surface area contributed by atoms with E-state index in [-0.39, 0.29) is 11.9 Å². The Kier molecular flexibility index (Phi) is 4.63. The quantitative estimate of drug-likeness (QED) is 0.836. The molecule has 2 N–H and O–H groups in total. The van der Waals surface area contributed by atoms with E-state index >= 15 is 0 Å². The monoisotopic (exact) mass is 343 g/mol. The van der Waals surface area contributed by atoms with Crippen LogP contribution in [0.4, 0.5) is 0 Å². The predicted molar refractivity (Wildman–Crippen MR) is 95.9 cm³/mol. The summed E-state index contributed by atoms with van der Waals surface area (Å²) in [5.41, 5.74) is 2.28. The van der Waals surface area contributed by atoms with Crippen molar-refractivity contribution in [3.8, 4) is 11.5 Å². The number of carbonyl (C=O) groups excluding carboxylic acids is 1. The Hall–Kier alpha value is -2.05. The van der Waals surface area contributed by atoms with Crippen molar-refractivity contribution in [2.75, 3.05) is 39.9 Å². The molecule has 6 heteroatoms. The minimum absolute atomic E-state index is 0.119. The number of ether oxygens (including phenoxy) is 2. The van der Waals surface area contributed by atoms with E-state index < -0.39 is 0 Å². The predicted octanol–water partition coefficient (Wildman–Crippen LogP) is 1.02. The van der Waals surface area contributed by atoms with Crippen LogP contribution in [0.1, 0.15) is 18.4 Å². The standard InChI is InChI=1S/C19H25N3O3/c1-24-17-4-2-3-14-9-13(12-25-18(14)17)10-22-8-7-20-16(11-22)19(23)21-15-5-6-15/h2-4,9,15-16,20H,5-8,10-12H2,1H3,(H,21,23). The van der Waals surface area contributed by atoms with Gasteiger partial charge in [-0.1, -0.05) is 12.1 Å². The summed E-state index contributed by atoms with van der Waals surface area (Å²) in [7, 11) is 1.66. The number of hydrogen-bond acceptors (Lipinski definition) is 5. The fourth-order valence-electron chi connectivity index (χ4n) is 3.43. The molecule has 1 aromatic carbocycles. The van der Waals surface area contributed by atoms with Crippen LogP contribution in [0.15, 0.2) is 23.8 Å². The summed E-state index contributed by atoms with van der Waals surface area (Å²) in [6, 6.07) is 6.22. The largest absolute Gasteiger partial charge is 0.493 e. The van der Waals surface area contributed by atoms with E-state index in [0.29, 0.717) is 12.6 Å². The molecule has 2 fully saturated rings. The van der Waals surface area contributed by atoms with Crippen molar-refractivity contribution in [2.24, 2.45) is 0 Å². The van der Waals surface area contributed by atoms with Crippen molar-refractivity contribution in [2.45, 2.75) is 24.9 Å². The van der Waals surface area contributed by atoms with Gasteiger partial charge < -0.3 is 20.1 Å². The van der Waals surface area contributed by atoms with Gasteiger partial charge >= 0.3 is 0 Å². The second kappa shape index (κ2) is 7.06. The van der Waals surface area contributed by atoms with Gasteiger partial charge in [0.25, 0.3) is 0 Å². The van der Waals surface area contributed by atoms with Crippen molar-refractivity contribution in [3.05, 3.63) is 29.3 Å². The van der Waals surface area contributed by atoms with Crippen LogP contribution in [0.25, 0.3) is 6.08 Å². The second-order valence-corrected chi connectivity index (χ2v) is 6.99. The molecular weight excluding hydrogens is 318 g/mol. The lowest BCUT2D eigenvalue weighted by Crippen LogP contribution is -2.57. The number of rotatable bonds is 5. The van der Waals surface area contributed by atoms with Gasteiger partial charge in [-0.15, -0.1) is 0 Å². The summed E-state index contributed by atoms with van der Waals surface area (Å²) in [5, 5.41) is 6.42. The number of hydrogen-bond donors (Lipinski definition) is 2. The van der Waals surface area contributed by atoms with Gasteiger partial charge in [0.15, 0.2) is 11.5 Å². The first kappa shape index (κ1) is 16.4. The highest BCUT2D eigenvalue weighted by atomic mass is 16.5. The number of nitrogens with zero attached hydrogens (tertiary/aromatic N) is 1. The third-order valence-electron chi connectivity index (χ3n) is 4.92. The molecule has 1 aliphatic carbocycles. The van der Waals surface area contributed by atoms with E-state index in [2.05, 4.69) is 21.6 Å². The van der Waals surface area contributed by atoms with E-state index in [1.54, 1.807) is 7.11 Å². The summed E-state index contributed by atoms with van der Waals surface area (Å²) in [6.07, 6.45) is 4.42. The molecule has 1 saturated carbocycles. The van der Waals surface area contributed by atoms with Crippen molar-refractivity contribution in [3.63, 3.8) is 0 Å². The third-order valence-corrected chi connectivity index (χ3v) is 4.92. The second-order valence-electron chi connectivity index (χ2n) is 6.99. The Balaban J connectivity index is 1.39. The normalized spacial score (nSPS) is 23.2. The maximum absolute atomic E-state index is 12.3. The summed E-state index contributed by atoms with van der Waals surface area (Å²) in [6.45, 7) is 3.90. The molecule has 4 rings (SSSR count). The Morgan fingerprint density at radius 3 is 3.12 bits per heavy atom. The smallest absolute Gasteiger partial charge is 0.238 e. The zero-order chi connectivity index (χ0) is 17.2. The van der Waals surface area contributed by atoms with E-state index in [1.165, 1.54) is 5.57 Å². The molecule has 1 saturated heterocycles. The minimum atomic E-state index is -0.119. The Bertz CT molecular complexity index is 684. The molecule has 25 heavy (non-hydrogen) atoms. The molecule has 1 amide bonds. The van der Waals surface area contributed by atoms with Crippen molar-refractivity contribution in [1.82, 2.24) is 15.5 Å². The van der Waals surface area contributed by atoms with E-state index in [0.717, 1.165) is 56.1 Å². The van der Waals surface area contributed by atoms with Crippen molar-refractivity contribution < 1.29 is 14.3 Å². The molecule has 0 bridgehead atoms. The van der Waals surface area contributed by atoms with Crippen molar-refractivity contribution >= 4 is 12.0 Å². The third kappa shape index (κ3) is 3.80. The van der Waals surface area contributed by atoms with Crippen LogP contribution >= 0.6 is 0 Å². The van der Waals surface area contributed by atoms with Gasteiger partial charge in [-0.2, -0.15) is 0 Å². The first-order chi connectivity index (χ1) is 12.2. The first-order valence-electron chi connectivity index (χ1n) is 8.98. The molecule has 1 unspecified atom stereocenters. The number of para-hydroxylation sites is 1. The van der Waals surface area contributed by atoms with Crippen LogP contribution in [0.2, 0.25) is 0 Å². The highest BCUT2D eigenvalue weighted by Gasteiger charge is 2.30. The molecule has 1 atom stereocenters. The maximum atomic E-state index is 12.3. The number of methoxy groups -OCH3 is 1. The number of benzene rings is 1. The molecule has 0 spiro atoms. The van der Waals surface area contributed by atoms with Crippen LogP contribution in [0.5, 0.6) is 11.5 Å². The average Bonchev–Trinajstić information content (AvgIpc) is 3.45. The first-order valence-corrected chi connectivity index (χ1v) is 8.98. The Morgan fingerprint density at radius 2 is 2.32 bits per heavy atom. The van der Waals surface area contributed by atoms with Gasteiger partial charge in [-0.3, -0.25) is 9.69 Å². The van der Waals surface area contributed by atoms with Gasteiger partial charge in [0.2, 0.25) is 5.91 Å². The zero-order valence-electron chi connectivity index (χ0n) is 14.6. The van der Waals surface area contributed by atoms with Gasteiger partial charge in [-0.25, -0.2) is 0 Å². The highest BCUT2D eigenvalue weighted by Crippen LogP contribution is 2.35. The van der Waals surface area contributed by atoms with Crippen LogP contribution in [-0.4, -0.2) is 62.8 Å². The number of piperazine rings is 1. The van der Waals surface area contributed by atoms with Crippen LogP contribution < -0.4 is 20.1 Å². The number of nitrogens with one attached hydrogen (secondary N) is 2. The molecule has 2 heterocycles.